The molecule has 9 heteroatoms. The number of ether oxygens (including phenoxy) is 3. The number of rotatable bonds is 5. The first-order valence-electron chi connectivity index (χ1n) is 10.8. The fourth-order valence-corrected chi connectivity index (χ4v) is 3.73. The molecule has 3 amide bonds. The van der Waals surface area contributed by atoms with Gasteiger partial charge in [0.25, 0.3) is 5.91 Å². The number of hydrogen-bond donors (Lipinski definition) is 1. The van der Waals surface area contributed by atoms with E-state index in [1.54, 1.807) is 37.3 Å². The van der Waals surface area contributed by atoms with Gasteiger partial charge in [0, 0.05) is 52.4 Å². The van der Waals surface area contributed by atoms with Gasteiger partial charge in [-0.3, -0.25) is 14.4 Å². The summed E-state index contributed by atoms with van der Waals surface area (Å²) >= 11 is 0. The summed E-state index contributed by atoms with van der Waals surface area (Å²) in [6.45, 7) is 6.78. The zero-order chi connectivity index (χ0) is 23.8. The number of methoxy groups -OCH3 is 2. The molecule has 0 aliphatic carbocycles. The molecule has 178 valence electrons. The standard InChI is InChI=1S/C23H35N3O6/c1-7-22(28)26-11-15(2)20(31-6)12-25(4)23(29)18-10-17(24-21(27)14-30-5)8-9-19(18)32-13-16(26)3/h8-10,15-16,20H,7,11-14H2,1-6H3,(H,24,27)/t15-,16+,20+/m0/s1. The number of hydrogen-bond acceptors (Lipinski definition) is 6. The van der Waals surface area contributed by atoms with Crippen molar-refractivity contribution in [1.29, 1.82) is 0 Å². The van der Waals surface area contributed by atoms with Crippen LogP contribution in [0.3, 0.4) is 0 Å². The molecule has 32 heavy (non-hydrogen) atoms. The summed E-state index contributed by atoms with van der Waals surface area (Å²) < 4.78 is 16.5. The van der Waals surface area contributed by atoms with Gasteiger partial charge in [0.15, 0.2) is 0 Å². The maximum absolute atomic E-state index is 13.3. The third-order valence-corrected chi connectivity index (χ3v) is 5.63. The van der Waals surface area contributed by atoms with E-state index in [1.165, 1.54) is 7.11 Å². The van der Waals surface area contributed by atoms with Crippen LogP contribution < -0.4 is 10.1 Å². The van der Waals surface area contributed by atoms with Crippen molar-refractivity contribution in [3.8, 4) is 5.75 Å². The van der Waals surface area contributed by atoms with Crippen LogP contribution in [0.2, 0.25) is 0 Å². The van der Waals surface area contributed by atoms with Crippen LogP contribution >= 0.6 is 0 Å². The number of carbonyl (C=O) groups is 3. The summed E-state index contributed by atoms with van der Waals surface area (Å²) in [6, 6.07) is 4.73. The molecule has 0 bridgehead atoms. The number of benzene rings is 1. The molecule has 0 unspecified atom stereocenters. The Morgan fingerprint density at radius 1 is 1.22 bits per heavy atom. The maximum Gasteiger partial charge on any atom is 0.257 e. The van der Waals surface area contributed by atoms with Crippen LogP contribution in [0.1, 0.15) is 37.6 Å². The Balaban J connectivity index is 2.43. The second kappa shape index (κ2) is 11.8. The van der Waals surface area contributed by atoms with E-state index in [-0.39, 0.29) is 49.0 Å². The number of likely N-dealkylation sites (N-methyl/N-ethyl adjacent to an activating group) is 1. The van der Waals surface area contributed by atoms with E-state index in [9.17, 15) is 14.4 Å². The summed E-state index contributed by atoms with van der Waals surface area (Å²) in [5.74, 6) is -0.123. The minimum atomic E-state index is -0.321. The van der Waals surface area contributed by atoms with Gasteiger partial charge in [-0.2, -0.15) is 0 Å². The molecule has 9 nitrogen and oxygen atoms in total. The second-order valence-corrected chi connectivity index (χ2v) is 8.19. The molecule has 1 aromatic rings. The van der Waals surface area contributed by atoms with Crippen molar-refractivity contribution < 1.29 is 28.6 Å². The highest BCUT2D eigenvalue weighted by atomic mass is 16.5. The van der Waals surface area contributed by atoms with Crippen LogP contribution in [0, 0.1) is 5.92 Å². The molecule has 1 aliphatic heterocycles. The van der Waals surface area contributed by atoms with E-state index >= 15 is 0 Å². The van der Waals surface area contributed by atoms with Gasteiger partial charge in [-0.25, -0.2) is 0 Å². The van der Waals surface area contributed by atoms with E-state index in [2.05, 4.69) is 5.32 Å². The normalized spacial score (nSPS) is 22.3. The highest BCUT2D eigenvalue weighted by molar-refractivity contribution is 5.99. The van der Waals surface area contributed by atoms with Gasteiger partial charge >= 0.3 is 0 Å². The average molecular weight is 450 g/mol. The molecule has 0 spiro atoms. The number of nitrogens with zero attached hydrogens (tertiary/aromatic N) is 2. The molecule has 0 aromatic heterocycles. The maximum atomic E-state index is 13.3. The lowest BCUT2D eigenvalue weighted by Crippen LogP contribution is -2.48. The van der Waals surface area contributed by atoms with Gasteiger partial charge in [-0.05, 0) is 25.1 Å². The quantitative estimate of drug-likeness (QED) is 0.739. The van der Waals surface area contributed by atoms with Crippen LogP contribution in [0.5, 0.6) is 5.75 Å². The van der Waals surface area contributed by atoms with Crippen molar-refractivity contribution in [3.05, 3.63) is 23.8 Å². The number of fused-ring (bicyclic) bond motifs is 1. The molecule has 2 rings (SSSR count). The van der Waals surface area contributed by atoms with Gasteiger partial charge in [0.2, 0.25) is 11.8 Å². The van der Waals surface area contributed by atoms with E-state index < -0.39 is 0 Å². The van der Waals surface area contributed by atoms with E-state index in [0.717, 1.165) is 0 Å². The third-order valence-electron chi connectivity index (χ3n) is 5.63. The Morgan fingerprint density at radius 3 is 2.56 bits per heavy atom. The molecular weight excluding hydrogens is 414 g/mol. The summed E-state index contributed by atoms with van der Waals surface area (Å²) in [4.78, 5) is 41.2. The fraction of sp³-hybridized carbons (Fsp3) is 0.609. The zero-order valence-electron chi connectivity index (χ0n) is 19.8. The molecule has 0 radical (unpaired) electrons. The van der Waals surface area contributed by atoms with Crippen molar-refractivity contribution in [3.63, 3.8) is 0 Å². The third kappa shape index (κ3) is 6.43. The number of nitrogens with one attached hydrogen (secondary N) is 1. The monoisotopic (exact) mass is 449 g/mol. The topological polar surface area (TPSA) is 97.4 Å². The van der Waals surface area contributed by atoms with Crippen LogP contribution in [0.15, 0.2) is 18.2 Å². The lowest BCUT2D eigenvalue weighted by Gasteiger charge is -2.36. The van der Waals surface area contributed by atoms with Crippen molar-refractivity contribution in [2.24, 2.45) is 5.92 Å². The number of carbonyl (C=O) groups excluding carboxylic acids is 3. The van der Waals surface area contributed by atoms with E-state index in [1.807, 2.05) is 25.7 Å². The summed E-state index contributed by atoms with van der Waals surface area (Å²) in [6.07, 6.45) is 0.144. The average Bonchev–Trinajstić information content (AvgIpc) is 2.77. The highest BCUT2D eigenvalue weighted by Gasteiger charge is 2.30. The molecule has 0 fully saturated rings. The summed E-state index contributed by atoms with van der Waals surface area (Å²) in [5.41, 5.74) is 0.794. The fourth-order valence-electron chi connectivity index (χ4n) is 3.73. The van der Waals surface area contributed by atoms with Gasteiger partial charge < -0.3 is 29.3 Å². The van der Waals surface area contributed by atoms with Crippen LogP contribution in [-0.4, -0.2) is 87.2 Å². The number of anilines is 1. The Labute approximate surface area is 190 Å². The number of amides is 3. The lowest BCUT2D eigenvalue weighted by molar-refractivity contribution is -0.135. The van der Waals surface area contributed by atoms with Crippen LogP contribution in [0.4, 0.5) is 5.69 Å². The van der Waals surface area contributed by atoms with Gasteiger partial charge in [-0.1, -0.05) is 13.8 Å². The minimum Gasteiger partial charge on any atom is -0.491 e. The molecule has 0 saturated carbocycles. The van der Waals surface area contributed by atoms with Gasteiger partial charge in [0.05, 0.1) is 17.7 Å². The van der Waals surface area contributed by atoms with E-state index in [4.69, 9.17) is 14.2 Å². The predicted molar refractivity (Wildman–Crippen MR) is 121 cm³/mol. The van der Waals surface area contributed by atoms with Gasteiger partial charge in [-0.15, -0.1) is 0 Å². The van der Waals surface area contributed by atoms with Crippen molar-refractivity contribution in [1.82, 2.24) is 9.80 Å². The van der Waals surface area contributed by atoms with Gasteiger partial charge in [0.1, 0.15) is 19.0 Å². The Hall–Kier alpha value is -2.65. The highest BCUT2D eigenvalue weighted by Crippen LogP contribution is 2.26. The predicted octanol–water partition coefficient (Wildman–Crippen LogP) is 2.01. The van der Waals surface area contributed by atoms with Crippen LogP contribution in [0.25, 0.3) is 0 Å². The molecule has 1 heterocycles. The lowest BCUT2D eigenvalue weighted by atomic mass is 10.0. The van der Waals surface area contributed by atoms with Crippen molar-refractivity contribution >= 4 is 23.4 Å². The SMILES string of the molecule is CCC(=O)N1C[C@H](C)[C@H](OC)CN(C)C(=O)c2cc(NC(=O)COC)ccc2OC[C@H]1C. The molecule has 1 aromatic carbocycles. The first-order chi connectivity index (χ1) is 15.2. The second-order valence-electron chi connectivity index (χ2n) is 8.19. The Kier molecular flexibility index (Phi) is 9.46. The molecule has 3 atom stereocenters. The summed E-state index contributed by atoms with van der Waals surface area (Å²) in [5, 5.41) is 2.71. The molecule has 0 saturated heterocycles. The van der Waals surface area contributed by atoms with E-state index in [0.29, 0.717) is 36.5 Å². The smallest absolute Gasteiger partial charge is 0.257 e. The molecule has 1 aliphatic rings. The molecule has 1 N–H and O–H groups in total. The van der Waals surface area contributed by atoms with Crippen molar-refractivity contribution in [2.45, 2.75) is 39.3 Å². The van der Waals surface area contributed by atoms with Crippen LogP contribution in [-0.2, 0) is 19.1 Å². The zero-order valence-corrected chi connectivity index (χ0v) is 19.8. The largest absolute Gasteiger partial charge is 0.491 e. The van der Waals surface area contributed by atoms with Crippen molar-refractivity contribution in [2.75, 3.05) is 52.9 Å². The minimum absolute atomic E-state index is 0.00626. The molecular formula is C23H35N3O6. The summed E-state index contributed by atoms with van der Waals surface area (Å²) in [7, 11) is 4.75. The Morgan fingerprint density at radius 2 is 1.94 bits per heavy atom. The first kappa shape index (κ1) is 25.6. The first-order valence-corrected chi connectivity index (χ1v) is 10.8. The Bertz CT molecular complexity index is 815.